The molecule has 2 heterocycles. The number of amides is 1. The fourth-order valence-electron chi connectivity index (χ4n) is 4.20. The summed E-state index contributed by atoms with van der Waals surface area (Å²) in [5, 5.41) is 1.24. The fourth-order valence-corrected chi connectivity index (χ4v) is 4.52. The summed E-state index contributed by atoms with van der Waals surface area (Å²) in [6.45, 7) is 1.63. The zero-order valence-corrected chi connectivity index (χ0v) is 18.8. The van der Waals surface area contributed by atoms with E-state index in [0.29, 0.717) is 41.9 Å². The van der Waals surface area contributed by atoms with Crippen LogP contribution in [0.5, 0.6) is 5.75 Å². The number of fused-ring (bicyclic) bond motifs is 1. The molecule has 4 aromatic rings. The van der Waals surface area contributed by atoms with Gasteiger partial charge < -0.3 is 14.2 Å². The Morgan fingerprint density at radius 2 is 1.72 bits per heavy atom. The normalized spacial score (nSPS) is 16.1. The highest BCUT2D eigenvalue weighted by atomic mass is 35.5. The van der Waals surface area contributed by atoms with E-state index < -0.39 is 0 Å². The van der Waals surface area contributed by atoms with Gasteiger partial charge in [-0.05, 0) is 48.5 Å². The maximum atomic E-state index is 12.8. The fraction of sp³-hybridized carbons (Fsp3) is 0.200. The molecule has 1 aromatic heterocycles. The molecular weight excluding hydrogens is 445 g/mol. The van der Waals surface area contributed by atoms with Gasteiger partial charge in [0.2, 0.25) is 5.91 Å². The lowest BCUT2D eigenvalue weighted by Crippen LogP contribution is -2.24. The predicted octanol–water partition coefficient (Wildman–Crippen LogP) is 5.94. The number of hydrogen-bond donors (Lipinski definition) is 0. The number of anilines is 1. The molecule has 1 atom stereocenters. The summed E-state index contributed by atoms with van der Waals surface area (Å²) in [5.74, 6) is 1.64. The zero-order valence-electron chi connectivity index (χ0n) is 17.2. The Balaban J connectivity index is 1.41. The highest BCUT2D eigenvalue weighted by Gasteiger charge is 2.34. The van der Waals surface area contributed by atoms with E-state index >= 15 is 0 Å². The van der Waals surface area contributed by atoms with Crippen molar-refractivity contribution < 1.29 is 9.53 Å². The third-order valence-corrected chi connectivity index (χ3v) is 6.29. The Labute approximate surface area is 196 Å². The summed E-state index contributed by atoms with van der Waals surface area (Å²) in [5.41, 5.74) is 2.80. The van der Waals surface area contributed by atoms with Crippen LogP contribution in [0.1, 0.15) is 18.2 Å². The monoisotopic (exact) mass is 465 g/mol. The first kappa shape index (κ1) is 20.9. The number of benzene rings is 3. The Morgan fingerprint density at radius 1 is 0.969 bits per heavy atom. The number of carbonyl (C=O) groups is 1. The summed E-state index contributed by atoms with van der Waals surface area (Å²) in [6, 6.07) is 22.8. The van der Waals surface area contributed by atoms with Crippen molar-refractivity contribution in [3.8, 4) is 5.75 Å². The van der Waals surface area contributed by atoms with Crippen molar-refractivity contribution in [2.45, 2.75) is 18.9 Å². The third kappa shape index (κ3) is 4.06. The standard InChI is InChI=1S/C25H21Cl2N3O2/c26-18-9-11-19(12-10-18)30-16-17(15-24(30)31)25-28-21-6-2-3-7-22(21)29(25)13-14-32-23-8-4-1-5-20(23)27/h1-12,17H,13-16H2. The number of hydrogen-bond acceptors (Lipinski definition) is 3. The summed E-state index contributed by atoms with van der Waals surface area (Å²) < 4.78 is 8.09. The average molecular weight is 466 g/mol. The lowest BCUT2D eigenvalue weighted by Gasteiger charge is -2.18. The molecule has 0 aliphatic carbocycles. The molecule has 3 aromatic carbocycles. The molecule has 5 nitrogen and oxygen atoms in total. The first-order valence-electron chi connectivity index (χ1n) is 10.5. The van der Waals surface area contributed by atoms with E-state index in [-0.39, 0.29) is 11.8 Å². The van der Waals surface area contributed by atoms with Gasteiger partial charge in [0.1, 0.15) is 18.2 Å². The van der Waals surface area contributed by atoms with E-state index in [9.17, 15) is 4.79 Å². The van der Waals surface area contributed by atoms with Crippen LogP contribution in [0.3, 0.4) is 0 Å². The summed E-state index contributed by atoms with van der Waals surface area (Å²) in [7, 11) is 0. The lowest BCUT2D eigenvalue weighted by atomic mass is 10.1. The van der Waals surface area contributed by atoms with Gasteiger partial charge in [0.25, 0.3) is 0 Å². The van der Waals surface area contributed by atoms with Gasteiger partial charge in [-0.1, -0.05) is 47.5 Å². The Hall–Kier alpha value is -3.02. The van der Waals surface area contributed by atoms with Gasteiger partial charge in [-0.15, -0.1) is 0 Å². The maximum Gasteiger partial charge on any atom is 0.227 e. The molecule has 0 N–H and O–H groups in total. The minimum atomic E-state index is -0.00843. The van der Waals surface area contributed by atoms with Crippen LogP contribution < -0.4 is 9.64 Å². The second kappa shape index (κ2) is 8.85. The molecule has 1 unspecified atom stereocenters. The van der Waals surface area contributed by atoms with Crippen LogP contribution in [0.4, 0.5) is 5.69 Å². The molecule has 1 amide bonds. The molecular formula is C25H21Cl2N3O2. The number of ether oxygens (including phenoxy) is 1. The van der Waals surface area contributed by atoms with Crippen LogP contribution >= 0.6 is 23.2 Å². The molecule has 1 aliphatic rings. The topological polar surface area (TPSA) is 47.4 Å². The summed E-state index contributed by atoms with van der Waals surface area (Å²) in [6.07, 6.45) is 0.414. The number of para-hydroxylation sites is 3. The first-order chi connectivity index (χ1) is 15.6. The number of aromatic nitrogens is 2. The van der Waals surface area contributed by atoms with Gasteiger partial charge in [0.15, 0.2) is 0 Å². The quantitative estimate of drug-likeness (QED) is 0.353. The van der Waals surface area contributed by atoms with E-state index in [2.05, 4.69) is 10.6 Å². The molecule has 1 aliphatic heterocycles. The third-order valence-electron chi connectivity index (χ3n) is 5.72. The largest absolute Gasteiger partial charge is 0.490 e. The van der Waals surface area contributed by atoms with E-state index in [0.717, 1.165) is 22.5 Å². The highest BCUT2D eigenvalue weighted by Crippen LogP contribution is 2.33. The Kier molecular flexibility index (Phi) is 5.77. The average Bonchev–Trinajstić information content (AvgIpc) is 3.36. The minimum absolute atomic E-state index is 0.00843. The number of nitrogens with zero attached hydrogens (tertiary/aromatic N) is 3. The van der Waals surface area contributed by atoms with Crippen LogP contribution in [0.25, 0.3) is 11.0 Å². The van der Waals surface area contributed by atoms with Crippen LogP contribution in [-0.2, 0) is 11.3 Å². The smallest absolute Gasteiger partial charge is 0.227 e. The van der Waals surface area contributed by atoms with Gasteiger partial charge in [0.05, 0.1) is 22.6 Å². The second-order valence-corrected chi connectivity index (χ2v) is 8.61. The maximum absolute atomic E-state index is 12.8. The molecule has 1 saturated heterocycles. The van der Waals surface area contributed by atoms with E-state index in [1.54, 1.807) is 12.1 Å². The molecule has 0 spiro atoms. The van der Waals surface area contributed by atoms with Crippen molar-refractivity contribution in [1.82, 2.24) is 9.55 Å². The van der Waals surface area contributed by atoms with Crippen LogP contribution in [0.2, 0.25) is 10.0 Å². The van der Waals surface area contributed by atoms with E-state index in [1.165, 1.54) is 0 Å². The summed E-state index contributed by atoms with van der Waals surface area (Å²) in [4.78, 5) is 19.5. The van der Waals surface area contributed by atoms with Gasteiger partial charge in [-0.2, -0.15) is 0 Å². The molecule has 0 bridgehead atoms. The molecule has 1 fully saturated rings. The van der Waals surface area contributed by atoms with Crippen molar-refractivity contribution >= 4 is 45.8 Å². The first-order valence-corrected chi connectivity index (χ1v) is 11.2. The van der Waals surface area contributed by atoms with Gasteiger partial charge in [-0.25, -0.2) is 4.98 Å². The molecule has 0 saturated carbocycles. The van der Waals surface area contributed by atoms with Crippen LogP contribution in [0.15, 0.2) is 72.8 Å². The molecule has 162 valence electrons. The van der Waals surface area contributed by atoms with Gasteiger partial charge in [-0.3, -0.25) is 4.79 Å². The van der Waals surface area contributed by atoms with E-state index in [1.807, 2.05) is 59.5 Å². The highest BCUT2D eigenvalue weighted by molar-refractivity contribution is 6.32. The number of carbonyl (C=O) groups excluding carboxylic acids is 1. The van der Waals surface area contributed by atoms with Gasteiger partial charge >= 0.3 is 0 Å². The molecule has 7 heteroatoms. The minimum Gasteiger partial charge on any atom is -0.490 e. The zero-order chi connectivity index (χ0) is 22.1. The predicted molar refractivity (Wildman–Crippen MR) is 128 cm³/mol. The molecule has 5 rings (SSSR count). The van der Waals surface area contributed by atoms with Crippen molar-refractivity contribution in [2.24, 2.45) is 0 Å². The van der Waals surface area contributed by atoms with Crippen molar-refractivity contribution in [2.75, 3.05) is 18.1 Å². The molecule has 0 radical (unpaired) electrons. The Morgan fingerprint density at radius 3 is 2.53 bits per heavy atom. The number of imidazole rings is 1. The van der Waals surface area contributed by atoms with Crippen molar-refractivity contribution in [3.05, 3.63) is 88.7 Å². The lowest BCUT2D eigenvalue weighted by molar-refractivity contribution is -0.117. The van der Waals surface area contributed by atoms with Crippen molar-refractivity contribution in [1.29, 1.82) is 0 Å². The number of rotatable bonds is 6. The van der Waals surface area contributed by atoms with Crippen molar-refractivity contribution in [3.63, 3.8) is 0 Å². The second-order valence-electron chi connectivity index (χ2n) is 7.77. The van der Waals surface area contributed by atoms with Gasteiger partial charge in [0, 0.05) is 29.6 Å². The number of halogens is 2. The SMILES string of the molecule is O=C1CC(c2nc3ccccc3n2CCOc2ccccc2Cl)CN1c1ccc(Cl)cc1. The summed E-state index contributed by atoms with van der Waals surface area (Å²) >= 11 is 12.2. The van der Waals surface area contributed by atoms with Crippen LogP contribution in [0, 0.1) is 0 Å². The van der Waals surface area contributed by atoms with Crippen LogP contribution in [-0.4, -0.2) is 28.6 Å². The van der Waals surface area contributed by atoms with E-state index in [4.69, 9.17) is 32.9 Å². The Bertz CT molecular complexity index is 1270. The molecule has 32 heavy (non-hydrogen) atoms.